The Kier molecular flexibility index (Phi) is 37.2. The molecule has 0 radical (unpaired) electrons. The standard InChI is InChI=1S/C112H168N16Si8.Ni/c1-65(2)129(66(3)4,67(5)6)57-49-89-90(50-58-130(68(7)8,69(9)10)70(11)12)114-98-97(113-89)105-121-106(98)126-108-101-102(118-94(54-62-134(80(31)32,81(33)34)82(35)36)93(117-101)53-61-133(77(25)26,78(27)28)79(29)30)110(123-108)128-112-104-103(119-95(55-63-135(83(37)38,84(39)40)85(41)42)96(120-104)56-64-136(86(43)44,87(45)46)88(47)48)111(124-112)127-109-100-99(107(122-109)125-105)115-91(51-59-131(71(13)14,72(15)16)73(17)18)92(116-100)52-60-132(74(19)20,75(21)22)76(23)24;/h65-88H,1-48H3;/q-2;+2. The van der Waals surface area contributed by atoms with Crippen molar-refractivity contribution < 1.29 is 16.5 Å². The molecule has 0 saturated carbocycles. The first-order valence-corrected chi connectivity index (χ1v) is 69.7. The maximum Gasteiger partial charge on any atom is 2.00 e. The third-order valence-corrected chi connectivity index (χ3v) is 83.4. The number of hydrogen-bond donors (Lipinski definition) is 0. The molecule has 0 amide bonds. The average molecular weight is 2020 g/mol. The van der Waals surface area contributed by atoms with Crippen molar-refractivity contribution in [2.24, 2.45) is 0 Å². The monoisotopic (exact) mass is 2020 g/mol. The van der Waals surface area contributed by atoms with Gasteiger partial charge in [0.25, 0.3) is 0 Å². The zero-order valence-corrected chi connectivity index (χ0v) is 102. The average Bonchev–Trinajstić information content (AvgIpc) is 1.59. The summed E-state index contributed by atoms with van der Waals surface area (Å²) < 4.78 is 0. The summed E-state index contributed by atoms with van der Waals surface area (Å²) in [6.45, 7) is 112. The minimum Gasteiger partial charge on any atom is -0.354 e. The predicted molar refractivity (Wildman–Crippen MR) is 600 cm³/mol. The molecule has 0 unspecified atom stereocenters. The van der Waals surface area contributed by atoms with Crippen molar-refractivity contribution in [1.29, 1.82) is 0 Å². The van der Waals surface area contributed by atoms with Gasteiger partial charge in [-0.15, -0.1) is 44.3 Å². The van der Waals surface area contributed by atoms with Crippen molar-refractivity contribution in [3.8, 4) is 138 Å². The van der Waals surface area contributed by atoms with Gasteiger partial charge in [-0.2, -0.15) is 0 Å². The molecule has 16 nitrogen and oxygen atoms in total. The molecule has 137 heavy (non-hydrogen) atoms. The van der Waals surface area contributed by atoms with Gasteiger partial charge in [0.15, 0.2) is 0 Å². The Labute approximate surface area is 847 Å². The second-order valence-corrected chi connectivity index (χ2v) is 91.8. The third-order valence-electron chi connectivity index (χ3n) is 33.1. The molecule has 0 N–H and O–H groups in total. The van der Waals surface area contributed by atoms with Crippen LogP contribution in [0, 0.1) is 91.7 Å². The van der Waals surface area contributed by atoms with Crippen molar-refractivity contribution in [3.63, 3.8) is 0 Å². The summed E-state index contributed by atoms with van der Waals surface area (Å²) in [6, 6.07) is 0. The quantitative estimate of drug-likeness (QED) is 0.0407. The molecule has 738 valence electrons. The van der Waals surface area contributed by atoms with Gasteiger partial charge in [-0.05, 0) is 133 Å². The maximum absolute atomic E-state index is 5.79. The normalized spacial score (nSPS) is 13.1. The zero-order valence-electron chi connectivity index (χ0n) is 93.3. The summed E-state index contributed by atoms with van der Waals surface area (Å²) in [6.07, 6.45) is 0. The van der Waals surface area contributed by atoms with E-state index in [4.69, 9.17) is 79.7 Å². The SMILES string of the molecule is CC(C)[Si](C#Cc1nc2c(nc1C#C[Si](C(C)C)(C(C)C)C(C)C)-c1nc-2nc2[n-]c(nc3nc(nc4[n-]c(n1)c1nc(C#C[Si](C(C)C)(C(C)C)C(C)C)c(C#C[Si](C(C)C)(C(C)C)C(C)C)nc41)-c1nc(C#C[Si](C(C)C)(C(C)C)C(C)C)c(C#C[Si](C(C)C)(C(C)C)C(C)C)nc1-3)c1nc(C#C[Si](C(C)C)(C(C)C)C(C)C)c(C#C[Si](C(C)C)(C(C)C)C(C)C)nc21)(C(C)C)C(C)C.[Ni+2]. The molecule has 0 fully saturated rings. The van der Waals surface area contributed by atoms with Gasteiger partial charge in [-0.25, -0.2) is 49.8 Å². The second kappa shape index (κ2) is 44.5. The fraction of sp³-hybridized carbons (Fsp3) is 0.643. The maximum atomic E-state index is 5.79. The zero-order chi connectivity index (χ0) is 102. The van der Waals surface area contributed by atoms with Crippen molar-refractivity contribution in [1.82, 2.24) is 79.7 Å². The fourth-order valence-corrected chi connectivity index (χ4v) is 67.9. The van der Waals surface area contributed by atoms with E-state index < -0.39 is 64.6 Å². The van der Waals surface area contributed by atoms with Gasteiger partial charge in [0.2, 0.25) is 0 Å². The largest absolute Gasteiger partial charge is 2.00 e. The topological polar surface area (TPSA) is 209 Å². The van der Waals surface area contributed by atoms with Crippen LogP contribution in [-0.2, 0) is 16.5 Å². The van der Waals surface area contributed by atoms with Crippen LogP contribution in [0.1, 0.15) is 378 Å². The second-order valence-electron chi connectivity index (χ2n) is 47.1. The Morgan fingerprint density at radius 3 is 0.350 bits per heavy atom. The molecule has 0 saturated heterocycles. The predicted octanol–water partition coefficient (Wildman–Crippen LogP) is 29.8. The van der Waals surface area contributed by atoms with Crippen LogP contribution in [0.25, 0.3) is 90.7 Å². The molecular weight excluding hydrogens is 1850 g/mol. The minimum absolute atomic E-state index is 0. The number of nitrogens with zero attached hydrogens (tertiary/aromatic N) is 16. The molecule has 0 aromatic carbocycles. The van der Waals surface area contributed by atoms with E-state index in [-0.39, 0.29) is 62.4 Å². The van der Waals surface area contributed by atoms with Gasteiger partial charge in [0, 0.05) is 22.6 Å². The van der Waals surface area contributed by atoms with Crippen molar-refractivity contribution >= 4 is 109 Å². The molecule has 0 atom stereocenters. The number of aromatic nitrogens is 16. The minimum atomic E-state index is -2.48. The van der Waals surface area contributed by atoms with Crippen molar-refractivity contribution in [2.75, 3.05) is 0 Å². The first-order chi connectivity index (χ1) is 63.1. The number of hydrogen-bond acceptors (Lipinski definition) is 14. The van der Waals surface area contributed by atoms with E-state index in [0.29, 0.717) is 223 Å². The van der Waals surface area contributed by atoms with Gasteiger partial charge >= 0.3 is 16.5 Å². The van der Waals surface area contributed by atoms with Crippen LogP contribution in [0.3, 0.4) is 0 Å². The molecule has 7 aromatic heterocycles. The Morgan fingerprint density at radius 1 is 0.146 bits per heavy atom. The van der Waals surface area contributed by atoms with Crippen LogP contribution in [0.4, 0.5) is 0 Å². The van der Waals surface area contributed by atoms with Crippen LogP contribution in [0.2, 0.25) is 133 Å². The first kappa shape index (κ1) is 115. The van der Waals surface area contributed by atoms with E-state index in [1.165, 1.54) is 0 Å². The van der Waals surface area contributed by atoms with E-state index >= 15 is 0 Å². The fourth-order valence-electron chi connectivity index (χ4n) is 26.3. The summed E-state index contributed by atoms with van der Waals surface area (Å²) in [7, 11) is -19.8. The first-order valence-electron chi connectivity index (χ1n) is 51.8. The summed E-state index contributed by atoms with van der Waals surface area (Å²) in [5.41, 5.74) is 46.5. The molecular formula is C112H168N16NiSi8. The molecule has 0 aliphatic carbocycles. The summed E-state index contributed by atoms with van der Waals surface area (Å²) in [4.78, 5) is 91.6. The number of fused-ring (bicyclic) bond motifs is 20. The molecule has 9 heterocycles. The summed E-state index contributed by atoms with van der Waals surface area (Å²) in [5.74, 6) is 31.1. The molecule has 9 rings (SSSR count). The van der Waals surface area contributed by atoms with Crippen molar-refractivity contribution in [2.45, 2.75) is 465 Å². The Morgan fingerprint density at radius 2 is 0.248 bits per heavy atom. The Hall–Kier alpha value is -7.61. The molecule has 7 aromatic rings. The smallest absolute Gasteiger partial charge is 0.354 e. The van der Waals surface area contributed by atoms with Crippen LogP contribution in [0.15, 0.2) is 0 Å². The molecule has 2 aliphatic heterocycles. The molecule has 2 aliphatic rings. The third kappa shape index (κ3) is 21.0. The molecule has 0 spiro atoms. The molecule has 8 bridgehead atoms. The number of rotatable bonds is 24. The van der Waals surface area contributed by atoms with Crippen LogP contribution in [0.5, 0.6) is 0 Å². The van der Waals surface area contributed by atoms with Gasteiger partial charge < -0.3 is 29.9 Å². The Bertz CT molecular complexity index is 5430. The van der Waals surface area contributed by atoms with E-state index in [1.54, 1.807) is 0 Å². The van der Waals surface area contributed by atoms with Crippen LogP contribution in [-0.4, -0.2) is 134 Å². The van der Waals surface area contributed by atoms with E-state index in [9.17, 15) is 0 Å². The van der Waals surface area contributed by atoms with Crippen molar-refractivity contribution in [3.05, 3.63) is 45.6 Å². The summed E-state index contributed by atoms with van der Waals surface area (Å²) in [5, 5.41) is 0. The van der Waals surface area contributed by atoms with E-state index in [1.807, 2.05) is 0 Å². The van der Waals surface area contributed by atoms with Gasteiger partial charge in [-0.3, -0.25) is 0 Å². The van der Waals surface area contributed by atoms with E-state index in [2.05, 4.69) is 424 Å². The molecule has 25 heteroatoms. The van der Waals surface area contributed by atoms with Gasteiger partial charge in [-0.1, -0.05) is 380 Å². The van der Waals surface area contributed by atoms with Gasteiger partial charge in [0.1, 0.15) is 178 Å². The van der Waals surface area contributed by atoms with Gasteiger partial charge in [0.05, 0.1) is 0 Å². The van der Waals surface area contributed by atoms with Crippen LogP contribution < -0.4 is 9.97 Å². The van der Waals surface area contributed by atoms with E-state index in [0.717, 1.165) is 0 Å². The van der Waals surface area contributed by atoms with Crippen LogP contribution >= 0.6 is 0 Å². The Balaban J connectivity index is 0.0000230. The summed E-state index contributed by atoms with van der Waals surface area (Å²) >= 11 is 0.